The third-order valence-corrected chi connectivity index (χ3v) is 2.94. The normalized spacial score (nSPS) is 26.8. The van der Waals surface area contributed by atoms with Crippen LogP contribution in [0.5, 0.6) is 0 Å². The molecule has 1 heterocycles. The summed E-state index contributed by atoms with van der Waals surface area (Å²) in [5.41, 5.74) is 0. The highest BCUT2D eigenvalue weighted by molar-refractivity contribution is 8.13. The molecule has 0 N–H and O–H groups in total. The Morgan fingerprint density at radius 1 is 1.55 bits per heavy atom. The molecule has 1 unspecified atom stereocenters. The zero-order chi connectivity index (χ0) is 8.32. The summed E-state index contributed by atoms with van der Waals surface area (Å²) in [6, 6.07) is 0. The molecule has 0 aromatic carbocycles. The average molecular weight is 199 g/mol. The first kappa shape index (κ1) is 9.29. The van der Waals surface area contributed by atoms with Crippen LogP contribution in [0.3, 0.4) is 0 Å². The number of hydrogen-bond donors (Lipinski definition) is 0. The van der Waals surface area contributed by atoms with Crippen molar-refractivity contribution in [2.24, 2.45) is 5.92 Å². The molecule has 0 aromatic heterocycles. The minimum Gasteiger partial charge on any atom is -0.381 e. The Labute approximate surface area is 71.1 Å². The topological polar surface area (TPSA) is 43.4 Å². The summed E-state index contributed by atoms with van der Waals surface area (Å²) in [5, 5.41) is 0. The van der Waals surface area contributed by atoms with Crippen molar-refractivity contribution in [2.45, 2.75) is 12.8 Å². The monoisotopic (exact) mass is 198 g/mol. The van der Waals surface area contributed by atoms with Crippen molar-refractivity contribution in [1.82, 2.24) is 0 Å². The average Bonchev–Trinajstić information content (AvgIpc) is 1.85. The van der Waals surface area contributed by atoms with Crippen LogP contribution in [-0.4, -0.2) is 27.4 Å². The van der Waals surface area contributed by atoms with Gasteiger partial charge in [-0.3, -0.25) is 0 Å². The van der Waals surface area contributed by atoms with Gasteiger partial charge in [-0.25, -0.2) is 8.42 Å². The molecular weight excluding hydrogens is 188 g/mol. The summed E-state index contributed by atoms with van der Waals surface area (Å²) >= 11 is 0. The Bertz CT molecular complexity index is 206. The van der Waals surface area contributed by atoms with Gasteiger partial charge in [0.15, 0.2) is 0 Å². The van der Waals surface area contributed by atoms with E-state index in [4.69, 9.17) is 15.4 Å². The van der Waals surface area contributed by atoms with Crippen molar-refractivity contribution in [3.05, 3.63) is 0 Å². The molecule has 0 bridgehead atoms. The fraction of sp³-hybridized carbons (Fsp3) is 1.00. The summed E-state index contributed by atoms with van der Waals surface area (Å²) in [4.78, 5) is 0. The van der Waals surface area contributed by atoms with E-state index in [0.717, 1.165) is 19.4 Å². The highest BCUT2D eigenvalue weighted by Crippen LogP contribution is 2.16. The molecule has 11 heavy (non-hydrogen) atoms. The lowest BCUT2D eigenvalue weighted by molar-refractivity contribution is 0.0627. The van der Waals surface area contributed by atoms with E-state index in [1.165, 1.54) is 0 Å². The number of halogens is 1. The van der Waals surface area contributed by atoms with E-state index in [0.29, 0.717) is 6.61 Å². The number of ether oxygens (including phenoxy) is 1. The zero-order valence-corrected chi connectivity index (χ0v) is 7.70. The second kappa shape index (κ2) is 3.74. The second-order valence-electron chi connectivity index (χ2n) is 2.79. The molecular formula is C6H11ClO3S. The Kier molecular flexibility index (Phi) is 3.16. The maximum absolute atomic E-state index is 10.6. The van der Waals surface area contributed by atoms with Crippen LogP contribution in [0.1, 0.15) is 12.8 Å². The molecule has 1 atom stereocenters. The predicted molar refractivity (Wildman–Crippen MR) is 43.2 cm³/mol. The first-order valence-electron chi connectivity index (χ1n) is 3.58. The summed E-state index contributed by atoms with van der Waals surface area (Å²) in [5.74, 6) is 0.153. The molecule has 1 saturated heterocycles. The van der Waals surface area contributed by atoms with Gasteiger partial charge in [0.05, 0.1) is 12.4 Å². The molecule has 0 amide bonds. The molecule has 0 radical (unpaired) electrons. The number of rotatable bonds is 2. The van der Waals surface area contributed by atoms with Crippen molar-refractivity contribution in [3.8, 4) is 0 Å². The van der Waals surface area contributed by atoms with E-state index in [1.54, 1.807) is 0 Å². The van der Waals surface area contributed by atoms with Crippen molar-refractivity contribution in [1.29, 1.82) is 0 Å². The summed E-state index contributed by atoms with van der Waals surface area (Å²) in [6.07, 6.45) is 1.85. The van der Waals surface area contributed by atoms with Gasteiger partial charge in [0, 0.05) is 17.3 Å². The third-order valence-electron chi connectivity index (χ3n) is 1.69. The predicted octanol–water partition coefficient (Wildman–Crippen LogP) is 0.982. The van der Waals surface area contributed by atoms with Gasteiger partial charge >= 0.3 is 0 Å². The first-order chi connectivity index (χ1) is 5.08. The Morgan fingerprint density at radius 2 is 2.27 bits per heavy atom. The van der Waals surface area contributed by atoms with E-state index >= 15 is 0 Å². The minimum absolute atomic E-state index is 0.0502. The van der Waals surface area contributed by atoms with Gasteiger partial charge in [0.2, 0.25) is 9.05 Å². The first-order valence-corrected chi connectivity index (χ1v) is 6.06. The SMILES string of the molecule is O=S(=O)(Cl)CC1CCCOC1. The Hall–Kier alpha value is 0.200. The van der Waals surface area contributed by atoms with Crippen molar-refractivity contribution in [2.75, 3.05) is 19.0 Å². The molecule has 5 heteroatoms. The van der Waals surface area contributed by atoms with E-state index < -0.39 is 9.05 Å². The van der Waals surface area contributed by atoms with Crippen LogP contribution in [-0.2, 0) is 13.8 Å². The molecule has 66 valence electrons. The molecule has 0 aliphatic carbocycles. The van der Waals surface area contributed by atoms with Crippen LogP contribution in [0.4, 0.5) is 0 Å². The Morgan fingerprint density at radius 3 is 2.73 bits per heavy atom. The quantitative estimate of drug-likeness (QED) is 0.622. The smallest absolute Gasteiger partial charge is 0.232 e. The third kappa shape index (κ3) is 3.94. The van der Waals surface area contributed by atoms with Crippen molar-refractivity contribution < 1.29 is 13.2 Å². The van der Waals surface area contributed by atoms with Gasteiger partial charge in [-0.05, 0) is 18.8 Å². The van der Waals surface area contributed by atoms with Gasteiger partial charge < -0.3 is 4.74 Å². The maximum Gasteiger partial charge on any atom is 0.232 e. The van der Waals surface area contributed by atoms with E-state index in [-0.39, 0.29) is 11.7 Å². The second-order valence-corrected chi connectivity index (χ2v) is 5.61. The standard InChI is InChI=1S/C6H11ClO3S/c7-11(8,9)5-6-2-1-3-10-4-6/h6H,1-5H2. The molecule has 1 aliphatic rings. The molecule has 0 spiro atoms. The lowest BCUT2D eigenvalue weighted by Crippen LogP contribution is -2.22. The van der Waals surface area contributed by atoms with Gasteiger partial charge in [-0.2, -0.15) is 0 Å². The van der Waals surface area contributed by atoms with Crippen LogP contribution in [0.15, 0.2) is 0 Å². The highest BCUT2D eigenvalue weighted by Gasteiger charge is 2.19. The molecule has 0 saturated carbocycles. The molecule has 0 aromatic rings. The fourth-order valence-corrected chi connectivity index (χ4v) is 2.58. The van der Waals surface area contributed by atoms with Crippen LogP contribution in [0.25, 0.3) is 0 Å². The van der Waals surface area contributed by atoms with Crippen LogP contribution in [0, 0.1) is 5.92 Å². The molecule has 1 rings (SSSR count). The molecule has 3 nitrogen and oxygen atoms in total. The van der Waals surface area contributed by atoms with Crippen molar-refractivity contribution in [3.63, 3.8) is 0 Å². The van der Waals surface area contributed by atoms with Crippen LogP contribution >= 0.6 is 10.7 Å². The number of hydrogen-bond acceptors (Lipinski definition) is 3. The largest absolute Gasteiger partial charge is 0.381 e. The van der Waals surface area contributed by atoms with Crippen LogP contribution in [0.2, 0.25) is 0 Å². The Balaban J connectivity index is 2.36. The van der Waals surface area contributed by atoms with E-state index in [2.05, 4.69) is 0 Å². The van der Waals surface area contributed by atoms with Crippen LogP contribution < -0.4 is 0 Å². The van der Waals surface area contributed by atoms with Gasteiger partial charge in [-0.15, -0.1) is 0 Å². The zero-order valence-electron chi connectivity index (χ0n) is 6.12. The van der Waals surface area contributed by atoms with Gasteiger partial charge in [0.1, 0.15) is 0 Å². The summed E-state index contributed by atoms with van der Waals surface area (Å²) in [6.45, 7) is 1.28. The lowest BCUT2D eigenvalue weighted by Gasteiger charge is -2.20. The maximum atomic E-state index is 10.6. The summed E-state index contributed by atoms with van der Waals surface area (Å²) in [7, 11) is 1.75. The van der Waals surface area contributed by atoms with E-state index in [1.807, 2.05) is 0 Å². The van der Waals surface area contributed by atoms with Gasteiger partial charge in [0.25, 0.3) is 0 Å². The van der Waals surface area contributed by atoms with E-state index in [9.17, 15) is 8.42 Å². The highest BCUT2D eigenvalue weighted by atomic mass is 35.7. The molecule has 1 aliphatic heterocycles. The lowest BCUT2D eigenvalue weighted by atomic mass is 10.1. The fourth-order valence-electron chi connectivity index (χ4n) is 1.22. The van der Waals surface area contributed by atoms with Crippen molar-refractivity contribution >= 4 is 19.7 Å². The minimum atomic E-state index is -3.33. The summed E-state index contributed by atoms with van der Waals surface area (Å²) < 4.78 is 26.3. The van der Waals surface area contributed by atoms with Gasteiger partial charge in [-0.1, -0.05) is 0 Å². The molecule has 1 fully saturated rings.